The molecule has 2 aromatic carbocycles. The third-order valence-electron chi connectivity index (χ3n) is 8.44. The SMILES string of the molecule is Cc1c(-c2nc3c(s2)CN(C)C3)cccc1-c1cccc(-c2nc3c(s2)CN(C(=O)CN2CC[C@@H](O)C2)C3)c1C. The van der Waals surface area contributed by atoms with E-state index in [4.69, 9.17) is 9.97 Å². The van der Waals surface area contributed by atoms with Crippen LogP contribution in [0.1, 0.15) is 38.7 Å². The maximum atomic E-state index is 12.9. The van der Waals surface area contributed by atoms with Crippen molar-refractivity contribution < 1.29 is 9.90 Å². The zero-order valence-electron chi connectivity index (χ0n) is 23.1. The summed E-state index contributed by atoms with van der Waals surface area (Å²) in [6.45, 7) is 9.25. The molecule has 206 valence electrons. The highest BCUT2D eigenvalue weighted by atomic mass is 32.1. The highest BCUT2D eigenvalue weighted by Crippen LogP contribution is 2.41. The van der Waals surface area contributed by atoms with Gasteiger partial charge < -0.3 is 10.0 Å². The van der Waals surface area contributed by atoms with Gasteiger partial charge in [-0.15, -0.1) is 22.7 Å². The highest BCUT2D eigenvalue weighted by Gasteiger charge is 2.30. The van der Waals surface area contributed by atoms with Gasteiger partial charge in [-0.2, -0.15) is 0 Å². The average molecular weight is 572 g/mol. The number of thiazole rings is 2. The Hall–Kier alpha value is -2.95. The molecule has 0 saturated carbocycles. The van der Waals surface area contributed by atoms with Crippen LogP contribution in [0.4, 0.5) is 0 Å². The Morgan fingerprint density at radius 3 is 2.00 bits per heavy atom. The van der Waals surface area contributed by atoms with Gasteiger partial charge in [0.15, 0.2) is 0 Å². The van der Waals surface area contributed by atoms with Crippen molar-refractivity contribution in [3.63, 3.8) is 0 Å². The second-order valence-electron chi connectivity index (χ2n) is 11.3. The number of likely N-dealkylation sites (tertiary alicyclic amines) is 1. The molecule has 9 heteroatoms. The smallest absolute Gasteiger partial charge is 0.237 e. The Kier molecular flexibility index (Phi) is 6.59. The number of aromatic nitrogens is 2. The molecule has 4 aromatic rings. The van der Waals surface area contributed by atoms with Crippen LogP contribution < -0.4 is 0 Å². The van der Waals surface area contributed by atoms with E-state index in [-0.39, 0.29) is 12.0 Å². The van der Waals surface area contributed by atoms with Crippen LogP contribution in [0.5, 0.6) is 0 Å². The van der Waals surface area contributed by atoms with E-state index < -0.39 is 0 Å². The topological polar surface area (TPSA) is 72.8 Å². The molecule has 5 heterocycles. The van der Waals surface area contributed by atoms with Crippen LogP contribution >= 0.6 is 22.7 Å². The lowest BCUT2D eigenvalue weighted by Gasteiger charge is -2.20. The van der Waals surface area contributed by atoms with Gasteiger partial charge in [0.25, 0.3) is 0 Å². The molecule has 3 aliphatic heterocycles. The van der Waals surface area contributed by atoms with Crippen molar-refractivity contribution in [3.8, 4) is 32.3 Å². The summed E-state index contributed by atoms with van der Waals surface area (Å²) in [6, 6.07) is 13.1. The molecule has 7 rings (SSSR count). The number of rotatable bonds is 5. The molecular weight excluding hydrogens is 539 g/mol. The predicted octanol–water partition coefficient (Wildman–Crippen LogP) is 5.07. The summed E-state index contributed by atoms with van der Waals surface area (Å²) in [4.78, 5) is 31.7. The lowest BCUT2D eigenvalue weighted by Crippen LogP contribution is -2.37. The molecule has 7 nitrogen and oxygen atoms in total. The summed E-state index contributed by atoms with van der Waals surface area (Å²) in [6.07, 6.45) is 0.441. The predicted molar refractivity (Wildman–Crippen MR) is 160 cm³/mol. The standard InChI is InChI=1S/C31H33N5O2S2/c1-18-21(6-4-8-23(18)30-32-25-13-34(3)15-27(25)39-30)22-7-5-9-24(19(22)2)31-33-26-14-36(16-28(26)40-31)29(38)17-35-11-10-20(37)12-35/h4-9,20,37H,10-17H2,1-3H3/t20-/m1/s1. The number of carbonyl (C=O) groups excluding carboxylic acids is 1. The average Bonchev–Trinajstić information content (AvgIpc) is 3.72. The Morgan fingerprint density at radius 2 is 1.45 bits per heavy atom. The maximum Gasteiger partial charge on any atom is 0.237 e. The molecule has 40 heavy (non-hydrogen) atoms. The third-order valence-corrected chi connectivity index (χ3v) is 10.7. The molecule has 2 aromatic heterocycles. The van der Waals surface area contributed by atoms with E-state index in [1.165, 1.54) is 43.3 Å². The quantitative estimate of drug-likeness (QED) is 0.361. The number of nitrogens with zero attached hydrogens (tertiary/aromatic N) is 5. The van der Waals surface area contributed by atoms with E-state index in [1.807, 2.05) is 21.1 Å². The molecule has 3 aliphatic rings. The van der Waals surface area contributed by atoms with Crippen molar-refractivity contribution >= 4 is 28.6 Å². The number of aliphatic hydroxyl groups excluding tert-OH is 1. The fraction of sp³-hybridized carbons (Fsp3) is 0.387. The summed E-state index contributed by atoms with van der Waals surface area (Å²) < 4.78 is 0. The Labute approximate surface area is 242 Å². The Balaban J connectivity index is 1.13. The van der Waals surface area contributed by atoms with Gasteiger partial charge in [0.1, 0.15) is 10.0 Å². The molecule has 0 unspecified atom stereocenters. The number of carbonyl (C=O) groups is 1. The molecule has 1 saturated heterocycles. The fourth-order valence-electron chi connectivity index (χ4n) is 6.20. The van der Waals surface area contributed by atoms with E-state index >= 15 is 0 Å². The van der Waals surface area contributed by atoms with E-state index in [0.29, 0.717) is 26.2 Å². The second kappa shape index (κ2) is 10.2. The zero-order valence-corrected chi connectivity index (χ0v) is 24.7. The first-order valence-corrected chi connectivity index (χ1v) is 15.5. The number of amides is 1. The maximum absolute atomic E-state index is 12.9. The van der Waals surface area contributed by atoms with Crippen LogP contribution in [0.25, 0.3) is 32.3 Å². The minimum atomic E-state index is -0.308. The van der Waals surface area contributed by atoms with Gasteiger partial charge in [0.05, 0.1) is 37.1 Å². The number of benzene rings is 2. The second-order valence-corrected chi connectivity index (χ2v) is 13.5. The molecule has 1 amide bonds. The summed E-state index contributed by atoms with van der Waals surface area (Å²) in [7, 11) is 2.14. The molecule has 1 atom stereocenters. The van der Waals surface area contributed by atoms with Crippen molar-refractivity contribution in [2.75, 3.05) is 26.7 Å². The van der Waals surface area contributed by atoms with Gasteiger partial charge in [0, 0.05) is 47.1 Å². The molecule has 0 aliphatic carbocycles. The third kappa shape index (κ3) is 4.59. The summed E-state index contributed by atoms with van der Waals surface area (Å²) in [5.41, 5.74) is 9.53. The first kappa shape index (κ1) is 26.0. The zero-order chi connectivity index (χ0) is 27.5. The normalized spacial score (nSPS) is 19.0. The van der Waals surface area contributed by atoms with Gasteiger partial charge in [-0.25, -0.2) is 9.97 Å². The van der Waals surface area contributed by atoms with E-state index in [1.54, 1.807) is 11.3 Å². The molecule has 0 spiro atoms. The van der Waals surface area contributed by atoms with Crippen LogP contribution in [0.3, 0.4) is 0 Å². The lowest BCUT2D eigenvalue weighted by molar-refractivity contribution is -0.132. The van der Waals surface area contributed by atoms with Crippen LogP contribution in [-0.2, 0) is 31.0 Å². The molecule has 1 fully saturated rings. The first-order valence-electron chi connectivity index (χ1n) is 13.9. The van der Waals surface area contributed by atoms with Gasteiger partial charge in [0.2, 0.25) is 5.91 Å². The lowest BCUT2D eigenvalue weighted by atomic mass is 9.91. The van der Waals surface area contributed by atoms with Crippen molar-refractivity contribution in [3.05, 3.63) is 68.7 Å². The van der Waals surface area contributed by atoms with Gasteiger partial charge >= 0.3 is 0 Å². The largest absolute Gasteiger partial charge is 0.392 e. The first-order chi connectivity index (χ1) is 19.3. The molecule has 0 bridgehead atoms. The number of β-amino-alcohol motifs (C(OH)–C–C–N with tert-alkyl or cyclic N) is 1. The monoisotopic (exact) mass is 571 g/mol. The van der Waals surface area contributed by atoms with Crippen molar-refractivity contribution in [1.82, 2.24) is 24.7 Å². The van der Waals surface area contributed by atoms with E-state index in [2.05, 4.69) is 62.2 Å². The minimum absolute atomic E-state index is 0.117. The van der Waals surface area contributed by atoms with Crippen LogP contribution in [0.15, 0.2) is 36.4 Å². The Bertz CT molecular complexity index is 1580. The van der Waals surface area contributed by atoms with Gasteiger partial charge in [-0.3, -0.25) is 14.6 Å². The van der Waals surface area contributed by atoms with E-state index in [0.717, 1.165) is 47.3 Å². The molecule has 1 N–H and O–H groups in total. The van der Waals surface area contributed by atoms with Crippen LogP contribution in [0.2, 0.25) is 0 Å². The summed E-state index contributed by atoms with van der Waals surface area (Å²) in [5, 5.41) is 11.9. The van der Waals surface area contributed by atoms with Crippen molar-refractivity contribution in [2.45, 2.75) is 52.6 Å². The molecule has 0 radical (unpaired) electrons. The molecular formula is C31H33N5O2S2. The number of aliphatic hydroxyl groups is 1. The van der Waals surface area contributed by atoms with Crippen molar-refractivity contribution in [2.24, 2.45) is 0 Å². The van der Waals surface area contributed by atoms with Crippen LogP contribution in [-0.4, -0.2) is 68.5 Å². The van der Waals surface area contributed by atoms with E-state index in [9.17, 15) is 9.90 Å². The Morgan fingerprint density at radius 1 is 0.875 bits per heavy atom. The number of hydrogen-bond donors (Lipinski definition) is 1. The van der Waals surface area contributed by atoms with Crippen LogP contribution in [0, 0.1) is 13.8 Å². The number of fused-ring (bicyclic) bond motifs is 2. The van der Waals surface area contributed by atoms with Crippen molar-refractivity contribution in [1.29, 1.82) is 0 Å². The summed E-state index contributed by atoms with van der Waals surface area (Å²) in [5.74, 6) is 0.117. The summed E-state index contributed by atoms with van der Waals surface area (Å²) >= 11 is 3.53. The highest BCUT2D eigenvalue weighted by molar-refractivity contribution is 7.15. The fourth-order valence-corrected chi connectivity index (χ4v) is 8.60. The minimum Gasteiger partial charge on any atom is -0.392 e. The van der Waals surface area contributed by atoms with Gasteiger partial charge in [-0.05, 0) is 49.6 Å². The van der Waals surface area contributed by atoms with Gasteiger partial charge in [-0.1, -0.05) is 36.4 Å². The number of hydrogen-bond acceptors (Lipinski definition) is 8.